The Balaban J connectivity index is 1.90. The van der Waals surface area contributed by atoms with Crippen LogP contribution in [0.15, 0.2) is 18.2 Å². The molecule has 1 saturated heterocycles. The third kappa shape index (κ3) is 3.62. The molecule has 1 aliphatic heterocycles. The third-order valence-electron chi connectivity index (χ3n) is 3.16. The van der Waals surface area contributed by atoms with Crippen LogP contribution in [0.2, 0.25) is 0 Å². The average Bonchev–Trinajstić information content (AvgIpc) is 2.34. The molecule has 1 N–H and O–H groups in total. The van der Waals surface area contributed by atoms with E-state index in [0.29, 0.717) is 26.1 Å². The van der Waals surface area contributed by atoms with Crippen molar-refractivity contribution in [2.24, 2.45) is 0 Å². The van der Waals surface area contributed by atoms with Crippen molar-refractivity contribution < 1.29 is 13.9 Å². The largest absolute Gasteiger partial charge is 0.379 e. The average molecular weight is 251 g/mol. The quantitative estimate of drug-likeness (QED) is 0.883. The Labute approximate surface area is 106 Å². The summed E-state index contributed by atoms with van der Waals surface area (Å²) in [5.41, 5.74) is 1.73. The Morgan fingerprint density at radius 1 is 1.56 bits per heavy atom. The minimum atomic E-state index is -0.258. The highest BCUT2D eigenvalue weighted by molar-refractivity contribution is 5.81. The fourth-order valence-electron chi connectivity index (χ4n) is 2.17. The molecule has 2 rings (SSSR count). The van der Waals surface area contributed by atoms with Gasteiger partial charge in [-0.1, -0.05) is 6.07 Å². The van der Waals surface area contributed by atoms with E-state index in [4.69, 9.17) is 4.74 Å². The van der Waals surface area contributed by atoms with Gasteiger partial charge in [0.2, 0.25) is 0 Å². The molecule has 0 amide bonds. The van der Waals surface area contributed by atoms with Crippen LogP contribution >= 0.6 is 0 Å². The second kappa shape index (κ2) is 6.07. The molecule has 98 valence electrons. The van der Waals surface area contributed by atoms with Crippen molar-refractivity contribution in [2.75, 3.05) is 19.8 Å². The number of rotatable bonds is 4. The van der Waals surface area contributed by atoms with Crippen LogP contribution in [-0.4, -0.2) is 31.6 Å². The van der Waals surface area contributed by atoms with Crippen LogP contribution in [0.4, 0.5) is 4.39 Å². The number of nitrogens with one attached hydrogen (secondary N) is 1. The maximum Gasteiger partial charge on any atom is 0.138 e. The van der Waals surface area contributed by atoms with E-state index in [1.165, 1.54) is 12.1 Å². The summed E-state index contributed by atoms with van der Waals surface area (Å²) in [6.07, 6.45) is 0.834. The molecule has 0 spiro atoms. The number of halogens is 1. The lowest BCUT2D eigenvalue weighted by molar-refractivity contribution is -0.119. The first-order valence-corrected chi connectivity index (χ1v) is 6.23. The first kappa shape index (κ1) is 13.2. The Hall–Kier alpha value is -1.26. The van der Waals surface area contributed by atoms with Gasteiger partial charge >= 0.3 is 0 Å². The van der Waals surface area contributed by atoms with E-state index in [1.807, 2.05) is 6.92 Å². The maximum atomic E-state index is 12.9. The van der Waals surface area contributed by atoms with Gasteiger partial charge < -0.3 is 10.1 Å². The highest BCUT2D eigenvalue weighted by Gasteiger charge is 2.17. The number of hydrogen-bond acceptors (Lipinski definition) is 3. The van der Waals surface area contributed by atoms with Gasteiger partial charge in [0.15, 0.2) is 0 Å². The molecule has 0 aromatic heterocycles. The molecule has 18 heavy (non-hydrogen) atoms. The zero-order valence-electron chi connectivity index (χ0n) is 10.5. The highest BCUT2D eigenvalue weighted by Crippen LogP contribution is 2.12. The van der Waals surface area contributed by atoms with Gasteiger partial charge in [0, 0.05) is 25.4 Å². The highest BCUT2D eigenvalue weighted by atomic mass is 19.1. The summed E-state index contributed by atoms with van der Waals surface area (Å²) in [6.45, 7) is 3.93. The predicted octanol–water partition coefficient (Wildman–Crippen LogP) is 1.62. The Kier molecular flexibility index (Phi) is 4.44. The van der Waals surface area contributed by atoms with Gasteiger partial charge in [0.05, 0.1) is 13.2 Å². The molecular weight excluding hydrogens is 233 g/mol. The van der Waals surface area contributed by atoms with Crippen LogP contribution in [0.1, 0.15) is 17.5 Å². The summed E-state index contributed by atoms with van der Waals surface area (Å²) < 4.78 is 18.3. The lowest BCUT2D eigenvalue weighted by Crippen LogP contribution is -2.42. The van der Waals surface area contributed by atoms with E-state index >= 15 is 0 Å². The van der Waals surface area contributed by atoms with E-state index in [2.05, 4.69) is 5.32 Å². The van der Waals surface area contributed by atoms with Crippen molar-refractivity contribution in [1.29, 1.82) is 0 Å². The van der Waals surface area contributed by atoms with Crippen molar-refractivity contribution in [3.63, 3.8) is 0 Å². The number of ether oxygens (including phenoxy) is 1. The SMILES string of the molecule is Cc1cc(F)ccc1CC(=O)CC1COCCN1. The minimum absolute atomic E-state index is 0.118. The number of ketones is 1. The van der Waals surface area contributed by atoms with E-state index in [0.717, 1.165) is 17.7 Å². The van der Waals surface area contributed by atoms with Gasteiger partial charge in [0.25, 0.3) is 0 Å². The van der Waals surface area contributed by atoms with Crippen LogP contribution in [-0.2, 0) is 16.0 Å². The lowest BCUT2D eigenvalue weighted by Gasteiger charge is -2.23. The number of carbonyl (C=O) groups excluding carboxylic acids is 1. The van der Waals surface area contributed by atoms with Crippen molar-refractivity contribution in [3.05, 3.63) is 35.1 Å². The molecule has 4 heteroatoms. The number of aryl methyl sites for hydroxylation is 1. The van der Waals surface area contributed by atoms with Crippen LogP contribution in [0.3, 0.4) is 0 Å². The maximum absolute atomic E-state index is 12.9. The smallest absolute Gasteiger partial charge is 0.138 e. The summed E-state index contributed by atoms with van der Waals surface area (Å²) in [6, 6.07) is 4.67. The van der Waals surface area contributed by atoms with E-state index < -0.39 is 0 Å². The Morgan fingerprint density at radius 2 is 2.39 bits per heavy atom. The summed E-state index contributed by atoms with van der Waals surface area (Å²) in [4.78, 5) is 11.9. The van der Waals surface area contributed by atoms with E-state index in [1.54, 1.807) is 6.07 Å². The topological polar surface area (TPSA) is 38.3 Å². The Bertz CT molecular complexity index is 428. The number of morpholine rings is 1. The van der Waals surface area contributed by atoms with Crippen molar-refractivity contribution in [1.82, 2.24) is 5.32 Å². The molecule has 0 aliphatic carbocycles. The zero-order valence-corrected chi connectivity index (χ0v) is 10.5. The van der Waals surface area contributed by atoms with Gasteiger partial charge in [-0.3, -0.25) is 4.79 Å². The van der Waals surface area contributed by atoms with Crippen LogP contribution in [0.25, 0.3) is 0 Å². The van der Waals surface area contributed by atoms with Crippen molar-refractivity contribution in [2.45, 2.75) is 25.8 Å². The zero-order chi connectivity index (χ0) is 13.0. The fraction of sp³-hybridized carbons (Fsp3) is 0.500. The van der Waals surface area contributed by atoms with Crippen LogP contribution in [0.5, 0.6) is 0 Å². The van der Waals surface area contributed by atoms with E-state index in [9.17, 15) is 9.18 Å². The first-order chi connectivity index (χ1) is 8.65. The standard InChI is InChI=1S/C14H18FNO2/c1-10-6-12(15)3-2-11(10)7-14(17)8-13-9-18-5-4-16-13/h2-3,6,13,16H,4-5,7-9H2,1H3. The van der Waals surface area contributed by atoms with Gasteiger partial charge in [-0.25, -0.2) is 4.39 Å². The van der Waals surface area contributed by atoms with Gasteiger partial charge in [-0.05, 0) is 30.2 Å². The van der Waals surface area contributed by atoms with Crippen molar-refractivity contribution in [3.8, 4) is 0 Å². The van der Waals surface area contributed by atoms with E-state index in [-0.39, 0.29) is 17.6 Å². The molecule has 1 aromatic carbocycles. The Morgan fingerprint density at radius 3 is 3.06 bits per heavy atom. The number of carbonyl (C=O) groups is 1. The fourth-order valence-corrected chi connectivity index (χ4v) is 2.17. The molecule has 1 fully saturated rings. The third-order valence-corrected chi connectivity index (χ3v) is 3.16. The van der Waals surface area contributed by atoms with Crippen molar-refractivity contribution >= 4 is 5.78 Å². The molecule has 0 saturated carbocycles. The van der Waals surface area contributed by atoms with Gasteiger partial charge in [-0.2, -0.15) is 0 Å². The summed E-state index contributed by atoms with van der Waals surface area (Å²) in [7, 11) is 0. The number of Topliss-reactive ketones (excluding diaryl/α,β-unsaturated/α-hetero) is 1. The molecule has 3 nitrogen and oxygen atoms in total. The van der Waals surface area contributed by atoms with Crippen LogP contribution < -0.4 is 5.32 Å². The number of hydrogen-bond donors (Lipinski definition) is 1. The molecule has 0 radical (unpaired) electrons. The first-order valence-electron chi connectivity index (χ1n) is 6.23. The number of benzene rings is 1. The monoisotopic (exact) mass is 251 g/mol. The molecule has 1 aromatic rings. The second-order valence-corrected chi connectivity index (χ2v) is 4.72. The summed E-state index contributed by atoms with van der Waals surface area (Å²) in [5, 5.41) is 3.25. The minimum Gasteiger partial charge on any atom is -0.379 e. The molecule has 1 unspecified atom stereocenters. The van der Waals surface area contributed by atoms with Gasteiger partial charge in [0.1, 0.15) is 11.6 Å². The van der Waals surface area contributed by atoms with Crippen LogP contribution in [0, 0.1) is 12.7 Å². The molecular formula is C14H18FNO2. The lowest BCUT2D eigenvalue weighted by atomic mass is 9.99. The molecule has 1 atom stereocenters. The molecule has 0 bridgehead atoms. The molecule has 1 aliphatic rings. The summed E-state index contributed by atoms with van der Waals surface area (Å²) >= 11 is 0. The normalized spacial score (nSPS) is 19.8. The molecule has 1 heterocycles. The summed E-state index contributed by atoms with van der Waals surface area (Å²) in [5.74, 6) is -0.0984. The predicted molar refractivity (Wildman–Crippen MR) is 67.1 cm³/mol. The second-order valence-electron chi connectivity index (χ2n) is 4.72. The van der Waals surface area contributed by atoms with Gasteiger partial charge in [-0.15, -0.1) is 0 Å².